The first-order chi connectivity index (χ1) is 9.19. The zero-order chi connectivity index (χ0) is 13.4. The molecule has 2 aromatic rings. The van der Waals surface area contributed by atoms with Gasteiger partial charge in [-0.05, 0) is 25.3 Å². The number of hydrogen-bond donors (Lipinski definition) is 2. The van der Waals surface area contributed by atoms with E-state index in [1.54, 1.807) is 18.4 Å². The van der Waals surface area contributed by atoms with Crippen LogP contribution in [-0.4, -0.2) is 29.2 Å². The van der Waals surface area contributed by atoms with Gasteiger partial charge in [0.1, 0.15) is 10.6 Å². The molecule has 1 fully saturated rings. The van der Waals surface area contributed by atoms with Crippen molar-refractivity contribution in [3.8, 4) is 0 Å². The highest BCUT2D eigenvalue weighted by atomic mass is 32.1. The molecule has 1 aliphatic rings. The first kappa shape index (κ1) is 12.6. The highest BCUT2D eigenvalue weighted by molar-refractivity contribution is 7.18. The summed E-state index contributed by atoms with van der Waals surface area (Å²) in [4.78, 5) is 10.9. The Morgan fingerprint density at radius 3 is 2.95 bits per heavy atom. The van der Waals surface area contributed by atoms with E-state index < -0.39 is 0 Å². The second kappa shape index (κ2) is 4.94. The summed E-state index contributed by atoms with van der Waals surface area (Å²) in [5.74, 6) is 1.19. The number of thiophene rings is 1. The van der Waals surface area contributed by atoms with E-state index in [1.807, 2.05) is 0 Å². The van der Waals surface area contributed by atoms with Crippen molar-refractivity contribution in [3.63, 3.8) is 0 Å². The molecule has 0 amide bonds. The zero-order valence-electron chi connectivity index (χ0n) is 11.1. The molecule has 1 saturated carbocycles. The Morgan fingerprint density at radius 2 is 2.26 bits per heavy atom. The van der Waals surface area contributed by atoms with Crippen LogP contribution in [-0.2, 0) is 11.2 Å². The van der Waals surface area contributed by atoms with E-state index in [9.17, 15) is 0 Å². The van der Waals surface area contributed by atoms with E-state index in [1.165, 1.54) is 4.88 Å². The Labute approximate surface area is 116 Å². The van der Waals surface area contributed by atoms with Crippen molar-refractivity contribution in [2.45, 2.75) is 38.3 Å². The number of aromatic nitrogens is 2. The normalized spacial score (nSPS) is 22.4. The summed E-state index contributed by atoms with van der Waals surface area (Å²) in [7, 11) is 1.76. The monoisotopic (exact) mass is 278 g/mol. The maximum atomic E-state index is 5.78. The Bertz CT molecular complexity index is 592. The molecule has 3 N–H and O–H groups in total. The van der Waals surface area contributed by atoms with E-state index in [0.29, 0.717) is 18.1 Å². The van der Waals surface area contributed by atoms with Crippen LogP contribution in [0.2, 0.25) is 0 Å². The van der Waals surface area contributed by atoms with Gasteiger partial charge in [0, 0.05) is 18.0 Å². The van der Waals surface area contributed by atoms with Gasteiger partial charge < -0.3 is 15.8 Å². The number of anilines is 2. The maximum Gasteiger partial charge on any atom is 0.223 e. The van der Waals surface area contributed by atoms with E-state index in [2.05, 4.69) is 28.3 Å². The molecular formula is C13H18N4OS. The van der Waals surface area contributed by atoms with Gasteiger partial charge in [-0.2, -0.15) is 4.98 Å². The molecule has 2 aromatic heterocycles. The minimum absolute atomic E-state index is 0.335. The predicted molar refractivity (Wildman–Crippen MR) is 78.6 cm³/mol. The van der Waals surface area contributed by atoms with E-state index >= 15 is 0 Å². The van der Waals surface area contributed by atoms with Crippen LogP contribution in [0.3, 0.4) is 0 Å². The minimum Gasteiger partial charge on any atom is -0.381 e. The van der Waals surface area contributed by atoms with Crippen LogP contribution in [0.15, 0.2) is 6.07 Å². The van der Waals surface area contributed by atoms with E-state index in [4.69, 9.17) is 10.5 Å². The van der Waals surface area contributed by atoms with Crippen LogP contribution in [0.5, 0.6) is 0 Å². The highest BCUT2D eigenvalue weighted by Gasteiger charge is 2.29. The standard InChI is InChI=1S/C13H18N4OS/c1-3-9-6-10-11(15-7-4-8(5-7)18-2)16-13(14)17-12(10)19-9/h6-8H,3-5H2,1-2H3,(H3,14,15,16,17). The van der Waals surface area contributed by atoms with Crippen molar-refractivity contribution in [2.24, 2.45) is 0 Å². The largest absolute Gasteiger partial charge is 0.381 e. The molecule has 0 unspecified atom stereocenters. The van der Waals surface area contributed by atoms with Crippen LogP contribution in [0.4, 0.5) is 11.8 Å². The summed E-state index contributed by atoms with van der Waals surface area (Å²) < 4.78 is 5.29. The van der Waals surface area contributed by atoms with Gasteiger partial charge in [-0.15, -0.1) is 11.3 Å². The van der Waals surface area contributed by atoms with E-state index in [0.717, 1.165) is 35.3 Å². The third kappa shape index (κ3) is 2.37. The fraction of sp³-hybridized carbons (Fsp3) is 0.538. The van der Waals surface area contributed by atoms with Gasteiger partial charge in [-0.25, -0.2) is 4.98 Å². The number of ether oxygens (including phenoxy) is 1. The van der Waals surface area contributed by atoms with Crippen molar-refractivity contribution in [1.29, 1.82) is 0 Å². The third-order valence-electron chi connectivity index (χ3n) is 3.58. The topological polar surface area (TPSA) is 73.1 Å². The Kier molecular flexibility index (Phi) is 3.28. The highest BCUT2D eigenvalue weighted by Crippen LogP contribution is 2.32. The number of nitrogens with zero attached hydrogens (tertiary/aromatic N) is 2. The summed E-state index contributed by atoms with van der Waals surface area (Å²) in [6.45, 7) is 2.14. The Balaban J connectivity index is 1.87. The van der Waals surface area contributed by atoms with Gasteiger partial charge in [-0.3, -0.25) is 0 Å². The third-order valence-corrected chi connectivity index (χ3v) is 4.75. The van der Waals surface area contributed by atoms with Crippen LogP contribution in [0.25, 0.3) is 10.2 Å². The predicted octanol–water partition coefficient (Wildman–Crippen LogP) is 2.43. The minimum atomic E-state index is 0.335. The molecule has 0 bridgehead atoms. The number of nitrogens with two attached hydrogens (primary N) is 1. The quantitative estimate of drug-likeness (QED) is 0.898. The lowest BCUT2D eigenvalue weighted by Gasteiger charge is -2.35. The molecule has 3 rings (SSSR count). The van der Waals surface area contributed by atoms with Gasteiger partial charge in [0.15, 0.2) is 0 Å². The van der Waals surface area contributed by atoms with Gasteiger partial charge >= 0.3 is 0 Å². The van der Waals surface area contributed by atoms with Crippen molar-refractivity contribution < 1.29 is 4.74 Å². The molecule has 0 atom stereocenters. The zero-order valence-corrected chi connectivity index (χ0v) is 12.0. The number of nitrogens with one attached hydrogen (secondary N) is 1. The van der Waals surface area contributed by atoms with Crippen LogP contribution in [0.1, 0.15) is 24.6 Å². The molecule has 6 heteroatoms. The average molecular weight is 278 g/mol. The Hall–Kier alpha value is -1.40. The second-order valence-corrected chi connectivity index (χ2v) is 6.00. The molecule has 0 aromatic carbocycles. The first-order valence-corrected chi connectivity index (χ1v) is 7.36. The van der Waals surface area contributed by atoms with Crippen LogP contribution < -0.4 is 11.1 Å². The lowest BCUT2D eigenvalue weighted by atomic mass is 9.89. The molecule has 1 aliphatic carbocycles. The van der Waals surface area contributed by atoms with Crippen molar-refractivity contribution in [1.82, 2.24) is 9.97 Å². The fourth-order valence-corrected chi connectivity index (χ4v) is 3.32. The molecule has 102 valence electrons. The van der Waals surface area contributed by atoms with Crippen molar-refractivity contribution in [3.05, 3.63) is 10.9 Å². The molecule has 0 radical (unpaired) electrons. The second-order valence-electron chi connectivity index (χ2n) is 4.89. The number of aryl methyl sites for hydroxylation is 1. The Morgan fingerprint density at radius 1 is 1.47 bits per heavy atom. The summed E-state index contributed by atoms with van der Waals surface area (Å²) >= 11 is 1.69. The lowest BCUT2D eigenvalue weighted by Crippen LogP contribution is -2.40. The number of nitrogen functional groups attached to an aromatic ring is 1. The van der Waals surface area contributed by atoms with E-state index in [-0.39, 0.29) is 0 Å². The summed E-state index contributed by atoms with van der Waals surface area (Å²) in [6, 6.07) is 2.58. The molecular weight excluding hydrogens is 260 g/mol. The molecule has 0 saturated heterocycles. The van der Waals surface area contributed by atoms with Crippen LogP contribution >= 0.6 is 11.3 Å². The SMILES string of the molecule is CCc1cc2c(NC3CC(OC)C3)nc(N)nc2s1. The van der Waals surface area contributed by atoms with Crippen molar-refractivity contribution in [2.75, 3.05) is 18.2 Å². The molecule has 2 heterocycles. The van der Waals surface area contributed by atoms with Crippen molar-refractivity contribution >= 4 is 33.3 Å². The fourth-order valence-electron chi connectivity index (χ4n) is 2.34. The summed E-state index contributed by atoms with van der Waals surface area (Å²) in [5, 5.41) is 4.54. The summed E-state index contributed by atoms with van der Waals surface area (Å²) in [6.07, 6.45) is 3.43. The lowest BCUT2D eigenvalue weighted by molar-refractivity contribution is 0.0328. The smallest absolute Gasteiger partial charge is 0.223 e. The van der Waals surface area contributed by atoms with Gasteiger partial charge in [0.2, 0.25) is 5.95 Å². The van der Waals surface area contributed by atoms with Gasteiger partial charge in [0.05, 0.1) is 11.5 Å². The average Bonchev–Trinajstić information content (AvgIpc) is 2.75. The summed E-state index contributed by atoms with van der Waals surface area (Å²) in [5.41, 5.74) is 5.78. The van der Waals surface area contributed by atoms with Gasteiger partial charge in [-0.1, -0.05) is 6.92 Å². The number of fused-ring (bicyclic) bond motifs is 1. The van der Waals surface area contributed by atoms with Gasteiger partial charge in [0.25, 0.3) is 0 Å². The molecule has 5 nitrogen and oxygen atoms in total. The maximum absolute atomic E-state index is 5.78. The number of methoxy groups -OCH3 is 1. The number of rotatable bonds is 4. The molecule has 0 aliphatic heterocycles. The molecule has 19 heavy (non-hydrogen) atoms. The molecule has 0 spiro atoms. The van der Waals surface area contributed by atoms with Crippen LogP contribution in [0, 0.1) is 0 Å². The first-order valence-electron chi connectivity index (χ1n) is 6.54. The number of hydrogen-bond acceptors (Lipinski definition) is 6.